The number of benzene rings is 1. The van der Waals surface area contributed by atoms with E-state index in [1.54, 1.807) is 18.3 Å². The van der Waals surface area contributed by atoms with E-state index in [9.17, 15) is 8.42 Å². The van der Waals surface area contributed by atoms with Gasteiger partial charge in [0.25, 0.3) is 0 Å². The molecule has 1 aliphatic heterocycles. The molecule has 1 aromatic heterocycles. The van der Waals surface area contributed by atoms with Crippen LogP contribution in [0, 0.1) is 0 Å². The summed E-state index contributed by atoms with van der Waals surface area (Å²) in [7, 11) is -0.622. The Morgan fingerprint density at radius 3 is 2.46 bits per heavy atom. The van der Waals surface area contributed by atoms with E-state index in [0.29, 0.717) is 37.7 Å². The monoisotopic (exact) mass is 377 g/mol. The number of piperazine rings is 1. The molecule has 140 valence electrons. The van der Waals surface area contributed by atoms with Gasteiger partial charge in [0.1, 0.15) is 16.4 Å². The predicted molar refractivity (Wildman–Crippen MR) is 97.8 cm³/mol. The summed E-state index contributed by atoms with van der Waals surface area (Å²) in [5.74, 6) is 0.851. The molecule has 7 nitrogen and oxygen atoms in total. The minimum atomic E-state index is -3.61. The average Bonchev–Trinajstić information content (AvgIpc) is 2.68. The Kier molecular flexibility index (Phi) is 5.75. The van der Waals surface area contributed by atoms with Gasteiger partial charge < -0.3 is 9.47 Å². The molecule has 0 bridgehead atoms. The van der Waals surface area contributed by atoms with Crippen molar-refractivity contribution in [3.05, 3.63) is 48.3 Å². The maximum absolute atomic E-state index is 13.0. The lowest BCUT2D eigenvalue weighted by Crippen LogP contribution is -2.48. The van der Waals surface area contributed by atoms with Crippen molar-refractivity contribution < 1.29 is 17.9 Å². The van der Waals surface area contributed by atoms with Crippen molar-refractivity contribution in [2.24, 2.45) is 0 Å². The van der Waals surface area contributed by atoms with Gasteiger partial charge in [-0.3, -0.25) is 9.88 Å². The first-order valence-electron chi connectivity index (χ1n) is 8.38. The maximum Gasteiger partial charge on any atom is 0.246 e. The molecular formula is C18H23N3O4S. The summed E-state index contributed by atoms with van der Waals surface area (Å²) in [6.45, 7) is 3.00. The highest BCUT2D eigenvalue weighted by Crippen LogP contribution is 2.31. The molecule has 1 aromatic carbocycles. The van der Waals surface area contributed by atoms with Gasteiger partial charge in [-0.05, 0) is 23.8 Å². The normalized spacial score (nSPS) is 16.4. The first-order valence-corrected chi connectivity index (χ1v) is 9.82. The molecule has 26 heavy (non-hydrogen) atoms. The maximum atomic E-state index is 13.0. The second-order valence-electron chi connectivity index (χ2n) is 6.06. The van der Waals surface area contributed by atoms with Gasteiger partial charge in [0.2, 0.25) is 10.0 Å². The zero-order chi connectivity index (χ0) is 18.6. The van der Waals surface area contributed by atoms with Crippen molar-refractivity contribution in [2.45, 2.75) is 11.4 Å². The lowest BCUT2D eigenvalue weighted by molar-refractivity contribution is 0.181. The van der Waals surface area contributed by atoms with Crippen LogP contribution in [0.4, 0.5) is 0 Å². The van der Waals surface area contributed by atoms with Gasteiger partial charge >= 0.3 is 0 Å². The van der Waals surface area contributed by atoms with Crippen molar-refractivity contribution >= 4 is 10.0 Å². The fourth-order valence-corrected chi connectivity index (χ4v) is 4.56. The van der Waals surface area contributed by atoms with E-state index in [4.69, 9.17) is 9.47 Å². The van der Waals surface area contributed by atoms with E-state index in [-0.39, 0.29) is 4.90 Å². The third-order valence-corrected chi connectivity index (χ3v) is 6.39. The zero-order valence-corrected chi connectivity index (χ0v) is 15.8. The Balaban J connectivity index is 1.70. The predicted octanol–water partition coefficient (Wildman–Crippen LogP) is 1.61. The Bertz CT molecular complexity index is 835. The summed E-state index contributed by atoms with van der Waals surface area (Å²) < 4.78 is 37.9. The standard InChI is InChI=1S/C18H23N3O4S/c1-24-16-5-6-18(17(12-16)25-2)26(22,23)21-10-8-20(9-11-21)14-15-4-3-7-19-13-15/h3-7,12-13H,8-11,14H2,1-2H3. The zero-order valence-electron chi connectivity index (χ0n) is 15.0. The summed E-state index contributed by atoms with van der Waals surface area (Å²) in [5, 5.41) is 0. The molecule has 8 heteroatoms. The fraction of sp³-hybridized carbons (Fsp3) is 0.389. The van der Waals surface area contributed by atoms with E-state index >= 15 is 0 Å². The van der Waals surface area contributed by atoms with Crippen LogP contribution >= 0.6 is 0 Å². The molecule has 0 spiro atoms. The van der Waals surface area contributed by atoms with E-state index in [0.717, 1.165) is 12.1 Å². The van der Waals surface area contributed by atoms with Gasteiger partial charge in [-0.2, -0.15) is 4.31 Å². The van der Waals surface area contributed by atoms with Crippen LogP contribution in [0.3, 0.4) is 0 Å². The molecule has 0 N–H and O–H groups in total. The highest BCUT2D eigenvalue weighted by Gasteiger charge is 2.31. The summed E-state index contributed by atoms with van der Waals surface area (Å²) in [4.78, 5) is 6.52. The third-order valence-electron chi connectivity index (χ3n) is 4.45. The molecule has 2 aromatic rings. The third kappa shape index (κ3) is 3.98. The molecule has 0 saturated carbocycles. The van der Waals surface area contributed by atoms with Crippen LogP contribution in [0.1, 0.15) is 5.56 Å². The van der Waals surface area contributed by atoms with Crippen LogP contribution in [0.5, 0.6) is 11.5 Å². The smallest absolute Gasteiger partial charge is 0.246 e. The topological polar surface area (TPSA) is 72.0 Å². The Morgan fingerprint density at radius 2 is 1.85 bits per heavy atom. The van der Waals surface area contributed by atoms with Gasteiger partial charge in [-0.25, -0.2) is 8.42 Å². The summed E-state index contributed by atoms with van der Waals surface area (Å²) in [6, 6.07) is 8.69. The van der Waals surface area contributed by atoms with Crippen molar-refractivity contribution in [3.63, 3.8) is 0 Å². The van der Waals surface area contributed by atoms with Gasteiger partial charge in [0.15, 0.2) is 0 Å². The Labute approximate surface area is 154 Å². The van der Waals surface area contributed by atoms with Gasteiger partial charge in [0.05, 0.1) is 14.2 Å². The molecule has 0 radical (unpaired) electrons. The van der Waals surface area contributed by atoms with Crippen LogP contribution < -0.4 is 9.47 Å². The van der Waals surface area contributed by atoms with Gasteiger partial charge in [-0.15, -0.1) is 0 Å². The number of rotatable bonds is 6. The molecular weight excluding hydrogens is 354 g/mol. The van der Waals surface area contributed by atoms with Crippen molar-refractivity contribution in [1.82, 2.24) is 14.2 Å². The minimum absolute atomic E-state index is 0.168. The lowest BCUT2D eigenvalue weighted by atomic mass is 10.2. The second-order valence-corrected chi connectivity index (χ2v) is 7.96. The number of pyridine rings is 1. The first-order chi connectivity index (χ1) is 12.5. The van der Waals surface area contributed by atoms with Crippen LogP contribution in [-0.2, 0) is 16.6 Å². The largest absolute Gasteiger partial charge is 0.497 e. The average molecular weight is 377 g/mol. The number of hydrogen-bond acceptors (Lipinski definition) is 6. The van der Waals surface area contributed by atoms with Gasteiger partial charge in [-0.1, -0.05) is 6.07 Å². The fourth-order valence-electron chi connectivity index (χ4n) is 3.00. The number of nitrogens with zero attached hydrogens (tertiary/aromatic N) is 3. The van der Waals surface area contributed by atoms with Gasteiger partial charge in [0, 0.05) is 51.2 Å². The van der Waals surface area contributed by atoms with E-state index in [1.807, 2.05) is 18.3 Å². The molecule has 2 heterocycles. The molecule has 0 aliphatic carbocycles. The highest BCUT2D eigenvalue weighted by molar-refractivity contribution is 7.89. The molecule has 0 unspecified atom stereocenters. The number of hydrogen-bond donors (Lipinski definition) is 0. The minimum Gasteiger partial charge on any atom is -0.497 e. The molecule has 1 saturated heterocycles. The quantitative estimate of drug-likeness (QED) is 0.762. The number of ether oxygens (including phenoxy) is 2. The van der Waals surface area contributed by atoms with Crippen LogP contribution in [0.2, 0.25) is 0 Å². The van der Waals surface area contributed by atoms with Crippen LogP contribution in [-0.4, -0.2) is 63.0 Å². The number of methoxy groups -OCH3 is 2. The highest BCUT2D eigenvalue weighted by atomic mass is 32.2. The second kappa shape index (κ2) is 8.03. The number of aromatic nitrogens is 1. The number of sulfonamides is 1. The summed E-state index contributed by atoms with van der Waals surface area (Å²) in [6.07, 6.45) is 3.58. The first kappa shape index (κ1) is 18.6. The Hall–Kier alpha value is -2.16. The van der Waals surface area contributed by atoms with Crippen LogP contribution in [0.25, 0.3) is 0 Å². The molecule has 1 aliphatic rings. The SMILES string of the molecule is COc1ccc(S(=O)(=O)N2CCN(Cc3cccnc3)CC2)c(OC)c1. The molecule has 1 fully saturated rings. The van der Waals surface area contributed by atoms with Crippen molar-refractivity contribution in [3.8, 4) is 11.5 Å². The van der Waals surface area contributed by atoms with E-state index in [1.165, 1.54) is 24.6 Å². The Morgan fingerprint density at radius 1 is 1.08 bits per heavy atom. The molecule has 0 amide bonds. The summed E-state index contributed by atoms with van der Waals surface area (Å²) >= 11 is 0. The molecule has 0 atom stereocenters. The van der Waals surface area contributed by atoms with E-state index < -0.39 is 10.0 Å². The lowest BCUT2D eigenvalue weighted by Gasteiger charge is -2.34. The van der Waals surface area contributed by atoms with E-state index in [2.05, 4.69) is 9.88 Å². The summed E-state index contributed by atoms with van der Waals surface area (Å²) in [5.41, 5.74) is 1.13. The molecule has 3 rings (SSSR count). The van der Waals surface area contributed by atoms with Crippen molar-refractivity contribution in [2.75, 3.05) is 40.4 Å². The van der Waals surface area contributed by atoms with Crippen molar-refractivity contribution in [1.29, 1.82) is 0 Å². The van der Waals surface area contributed by atoms with Crippen LogP contribution in [0.15, 0.2) is 47.6 Å².